The van der Waals surface area contributed by atoms with E-state index < -0.39 is 34.9 Å². The summed E-state index contributed by atoms with van der Waals surface area (Å²) in [6.45, 7) is 2.04. The van der Waals surface area contributed by atoms with Gasteiger partial charge in [0.25, 0.3) is 0 Å². The van der Waals surface area contributed by atoms with E-state index in [9.17, 15) is 22.7 Å². The van der Waals surface area contributed by atoms with Gasteiger partial charge in [0.1, 0.15) is 41.5 Å². The molecule has 4 rings (SSSR count). The van der Waals surface area contributed by atoms with Crippen molar-refractivity contribution in [2.24, 2.45) is 0 Å². The summed E-state index contributed by atoms with van der Waals surface area (Å²) in [6, 6.07) is 12.9. The third kappa shape index (κ3) is 6.05. The van der Waals surface area contributed by atoms with Crippen LogP contribution in [0.4, 0.5) is 17.6 Å². The van der Waals surface area contributed by atoms with Crippen LogP contribution in [0.5, 0.6) is 0 Å². The molecule has 0 unspecified atom stereocenters. The molecule has 0 saturated heterocycles. The summed E-state index contributed by atoms with van der Waals surface area (Å²) in [4.78, 5) is 5.73. The fraction of sp³-hybridized carbons (Fsp3) is 0.214. The number of halogens is 4. The molecule has 3 aromatic carbocycles. The summed E-state index contributed by atoms with van der Waals surface area (Å²) in [5.74, 6) is 2.55. The standard InChI is InChI=1S/C28H24F4N4O/c1-19(28(37,16-36-18-33-17-34-36)25-12-11-24(30)14-27(25)32)35(2)15-21-5-3-20(4-6-21)7-8-22-9-10-23(29)13-26(22)31/h3-6,9-14,17-19,37H,15-16H2,1-2H3/t19-,28-/m1/s1. The third-order valence-corrected chi connectivity index (χ3v) is 6.28. The smallest absolute Gasteiger partial charge is 0.141 e. The first-order chi connectivity index (χ1) is 17.7. The minimum absolute atomic E-state index is 0.0533. The van der Waals surface area contributed by atoms with E-state index in [1.54, 1.807) is 26.1 Å². The summed E-state index contributed by atoms with van der Waals surface area (Å²) in [5.41, 5.74) is -0.193. The van der Waals surface area contributed by atoms with Crippen LogP contribution < -0.4 is 0 Å². The van der Waals surface area contributed by atoms with Crippen LogP contribution in [0.1, 0.15) is 29.2 Å². The largest absolute Gasteiger partial charge is 0.381 e. The first-order valence-electron chi connectivity index (χ1n) is 11.4. The van der Waals surface area contributed by atoms with Crippen molar-refractivity contribution in [1.82, 2.24) is 19.7 Å². The summed E-state index contributed by atoms with van der Waals surface area (Å²) in [5, 5.41) is 15.8. The normalized spacial score (nSPS) is 13.6. The summed E-state index contributed by atoms with van der Waals surface area (Å²) in [6.07, 6.45) is 2.72. The Labute approximate surface area is 212 Å². The fourth-order valence-corrected chi connectivity index (χ4v) is 4.06. The molecule has 0 aliphatic heterocycles. The summed E-state index contributed by atoms with van der Waals surface area (Å²) >= 11 is 0. The van der Waals surface area contributed by atoms with Crippen molar-refractivity contribution in [2.75, 3.05) is 7.05 Å². The molecular weight excluding hydrogens is 484 g/mol. The van der Waals surface area contributed by atoms with E-state index in [-0.39, 0.29) is 17.7 Å². The zero-order valence-corrected chi connectivity index (χ0v) is 20.2. The van der Waals surface area contributed by atoms with Crippen molar-refractivity contribution in [3.8, 4) is 11.8 Å². The minimum atomic E-state index is -1.76. The quantitative estimate of drug-likeness (QED) is 0.292. The first kappa shape index (κ1) is 26.1. The van der Waals surface area contributed by atoms with Crippen molar-refractivity contribution in [2.45, 2.75) is 31.7 Å². The number of rotatable bonds is 7. The molecule has 4 aromatic rings. The van der Waals surface area contributed by atoms with Gasteiger partial charge in [-0.2, -0.15) is 5.10 Å². The van der Waals surface area contributed by atoms with Crippen molar-refractivity contribution >= 4 is 0 Å². The first-order valence-corrected chi connectivity index (χ1v) is 11.4. The summed E-state index contributed by atoms with van der Waals surface area (Å²) < 4.78 is 56.6. The van der Waals surface area contributed by atoms with Gasteiger partial charge in [-0.1, -0.05) is 30.0 Å². The Balaban J connectivity index is 1.53. The monoisotopic (exact) mass is 508 g/mol. The number of hydrogen-bond donors (Lipinski definition) is 1. The van der Waals surface area contributed by atoms with E-state index in [1.807, 2.05) is 17.0 Å². The average molecular weight is 509 g/mol. The van der Waals surface area contributed by atoms with Gasteiger partial charge in [-0.15, -0.1) is 0 Å². The highest BCUT2D eigenvalue weighted by atomic mass is 19.1. The minimum Gasteiger partial charge on any atom is -0.381 e. The number of hydrogen-bond acceptors (Lipinski definition) is 4. The maximum atomic E-state index is 14.8. The molecule has 190 valence electrons. The van der Waals surface area contributed by atoms with Crippen LogP contribution in [0.15, 0.2) is 73.3 Å². The molecular formula is C28H24F4N4O. The second-order valence-electron chi connectivity index (χ2n) is 8.80. The fourth-order valence-electron chi connectivity index (χ4n) is 4.06. The lowest BCUT2D eigenvalue weighted by Crippen LogP contribution is -2.50. The van der Waals surface area contributed by atoms with Crippen LogP contribution in [0.2, 0.25) is 0 Å². The van der Waals surface area contributed by atoms with E-state index in [0.717, 1.165) is 29.8 Å². The second kappa shape index (κ2) is 10.9. The highest BCUT2D eigenvalue weighted by Gasteiger charge is 2.41. The van der Waals surface area contributed by atoms with Crippen molar-refractivity contribution < 1.29 is 22.7 Å². The Morgan fingerprint density at radius 3 is 2.24 bits per heavy atom. The van der Waals surface area contributed by atoms with Crippen LogP contribution >= 0.6 is 0 Å². The van der Waals surface area contributed by atoms with Gasteiger partial charge in [0.2, 0.25) is 0 Å². The molecule has 0 radical (unpaired) electrons. The predicted molar refractivity (Wildman–Crippen MR) is 130 cm³/mol. The second-order valence-corrected chi connectivity index (χ2v) is 8.80. The van der Waals surface area contributed by atoms with Crippen LogP contribution in [-0.2, 0) is 18.7 Å². The van der Waals surface area contributed by atoms with Gasteiger partial charge in [0, 0.05) is 35.8 Å². The SMILES string of the molecule is C[C@@H](N(C)Cc1ccc(C#Cc2ccc(F)cc2F)cc1)[C@](O)(Cn1cncn1)c1ccc(F)cc1F. The summed E-state index contributed by atoms with van der Waals surface area (Å²) in [7, 11) is 1.78. The maximum absolute atomic E-state index is 14.8. The van der Waals surface area contributed by atoms with Crippen molar-refractivity contribution in [3.05, 3.63) is 119 Å². The van der Waals surface area contributed by atoms with E-state index in [0.29, 0.717) is 12.1 Å². The van der Waals surface area contributed by atoms with E-state index in [2.05, 4.69) is 21.9 Å². The van der Waals surface area contributed by atoms with Gasteiger partial charge < -0.3 is 5.11 Å². The number of aromatic nitrogens is 3. The molecule has 0 spiro atoms. The van der Waals surface area contributed by atoms with Crippen molar-refractivity contribution in [3.63, 3.8) is 0 Å². The molecule has 1 N–H and O–H groups in total. The molecule has 0 fully saturated rings. The van der Waals surface area contributed by atoms with E-state index >= 15 is 0 Å². The number of benzene rings is 3. The molecule has 0 amide bonds. The van der Waals surface area contributed by atoms with Gasteiger partial charge in [0.15, 0.2) is 0 Å². The topological polar surface area (TPSA) is 54.2 Å². The molecule has 1 aromatic heterocycles. The Bertz CT molecular complexity index is 1430. The molecule has 9 heteroatoms. The lowest BCUT2D eigenvalue weighted by atomic mass is 9.85. The molecule has 5 nitrogen and oxygen atoms in total. The molecule has 2 atom stereocenters. The van der Waals surface area contributed by atoms with Crippen LogP contribution in [0.25, 0.3) is 0 Å². The Kier molecular flexibility index (Phi) is 7.71. The highest BCUT2D eigenvalue weighted by molar-refractivity contribution is 5.44. The van der Waals surface area contributed by atoms with Gasteiger partial charge in [-0.25, -0.2) is 27.2 Å². The van der Waals surface area contributed by atoms with Gasteiger partial charge in [-0.3, -0.25) is 4.90 Å². The zero-order valence-electron chi connectivity index (χ0n) is 20.2. The van der Waals surface area contributed by atoms with Gasteiger partial charge >= 0.3 is 0 Å². The lowest BCUT2D eigenvalue weighted by Gasteiger charge is -2.40. The third-order valence-electron chi connectivity index (χ3n) is 6.28. The number of aliphatic hydroxyl groups is 1. The number of likely N-dealkylation sites (N-methyl/N-ethyl adjacent to an activating group) is 1. The van der Waals surface area contributed by atoms with Gasteiger partial charge in [0.05, 0.1) is 12.1 Å². The Morgan fingerprint density at radius 2 is 1.62 bits per heavy atom. The molecule has 0 aliphatic rings. The molecule has 37 heavy (non-hydrogen) atoms. The molecule has 1 heterocycles. The van der Waals surface area contributed by atoms with Crippen LogP contribution in [0.3, 0.4) is 0 Å². The predicted octanol–water partition coefficient (Wildman–Crippen LogP) is 4.64. The highest BCUT2D eigenvalue weighted by Crippen LogP contribution is 2.33. The molecule has 0 aliphatic carbocycles. The Hall–Kier alpha value is -4.00. The van der Waals surface area contributed by atoms with Gasteiger partial charge in [-0.05, 0) is 49.9 Å². The lowest BCUT2D eigenvalue weighted by molar-refractivity contribution is -0.0591. The van der Waals surface area contributed by atoms with E-state index in [4.69, 9.17) is 0 Å². The van der Waals surface area contributed by atoms with E-state index in [1.165, 1.54) is 29.5 Å². The molecule has 0 bridgehead atoms. The molecule has 0 saturated carbocycles. The maximum Gasteiger partial charge on any atom is 0.141 e. The van der Waals surface area contributed by atoms with Crippen LogP contribution in [0, 0.1) is 35.1 Å². The number of nitrogens with zero attached hydrogens (tertiary/aromatic N) is 4. The Morgan fingerprint density at radius 1 is 0.946 bits per heavy atom. The zero-order chi connectivity index (χ0) is 26.6. The average Bonchev–Trinajstić information content (AvgIpc) is 3.36. The van der Waals surface area contributed by atoms with Crippen LogP contribution in [-0.4, -0.2) is 37.9 Å². The van der Waals surface area contributed by atoms with Crippen molar-refractivity contribution in [1.29, 1.82) is 0 Å².